The molecule has 0 amide bonds. The Labute approximate surface area is 69.6 Å². The average Bonchev–Trinajstić information content (AvgIpc) is 2.02. The third-order valence-electron chi connectivity index (χ3n) is 2.15. The van der Waals surface area contributed by atoms with Gasteiger partial charge in [0.25, 0.3) is 0 Å². The van der Waals surface area contributed by atoms with Crippen LogP contribution in [0.25, 0.3) is 0 Å². The van der Waals surface area contributed by atoms with Crippen molar-refractivity contribution in [2.45, 2.75) is 45.1 Å². The molecule has 2 heteroatoms. The summed E-state index contributed by atoms with van der Waals surface area (Å²) in [6.07, 6.45) is 3.50. The van der Waals surface area contributed by atoms with Crippen LogP contribution in [0, 0.1) is 0 Å². The Morgan fingerprint density at radius 2 is 1.91 bits per heavy atom. The van der Waals surface area contributed by atoms with E-state index >= 15 is 0 Å². The molecular weight excluding hydrogens is 140 g/mol. The Balaban J connectivity index is 3.68. The molecule has 1 N–H and O–H groups in total. The third-order valence-corrected chi connectivity index (χ3v) is 2.15. The van der Waals surface area contributed by atoms with Gasteiger partial charge in [0.2, 0.25) is 0 Å². The van der Waals surface area contributed by atoms with E-state index in [9.17, 15) is 5.11 Å². The second kappa shape index (κ2) is 5.56. The zero-order valence-electron chi connectivity index (χ0n) is 7.89. The summed E-state index contributed by atoms with van der Waals surface area (Å²) < 4.78 is 4.93. The Bertz CT molecular complexity index is 93.6. The van der Waals surface area contributed by atoms with Crippen molar-refractivity contribution in [2.75, 3.05) is 13.7 Å². The quantitative estimate of drug-likeness (QED) is 0.643. The van der Waals surface area contributed by atoms with Crippen molar-refractivity contribution >= 4 is 0 Å². The molecule has 0 bridgehead atoms. The highest BCUT2D eigenvalue weighted by Crippen LogP contribution is 2.20. The van der Waals surface area contributed by atoms with E-state index in [1.165, 1.54) is 0 Å². The fraction of sp³-hybridized carbons (Fsp3) is 1.00. The standard InChI is InChI=1S/C9H20O2/c1-4-6-9(10,5-2)7-8-11-3/h10H,4-8H2,1-3H3. The van der Waals surface area contributed by atoms with Gasteiger partial charge < -0.3 is 9.84 Å². The maximum Gasteiger partial charge on any atom is 0.0667 e. The van der Waals surface area contributed by atoms with E-state index in [2.05, 4.69) is 6.92 Å². The highest BCUT2D eigenvalue weighted by Gasteiger charge is 2.22. The van der Waals surface area contributed by atoms with E-state index < -0.39 is 5.60 Å². The molecule has 0 fully saturated rings. The predicted octanol–water partition coefficient (Wildman–Crippen LogP) is 1.96. The molecular formula is C9H20O2. The highest BCUT2D eigenvalue weighted by atomic mass is 16.5. The molecule has 1 unspecified atom stereocenters. The molecule has 0 aromatic carbocycles. The summed E-state index contributed by atoms with van der Waals surface area (Å²) in [5.74, 6) is 0. The third kappa shape index (κ3) is 4.38. The molecule has 0 aliphatic carbocycles. The van der Waals surface area contributed by atoms with E-state index in [0.717, 1.165) is 25.7 Å². The van der Waals surface area contributed by atoms with Crippen molar-refractivity contribution in [3.8, 4) is 0 Å². The van der Waals surface area contributed by atoms with Crippen molar-refractivity contribution < 1.29 is 9.84 Å². The molecule has 0 heterocycles. The van der Waals surface area contributed by atoms with Crippen LogP contribution in [-0.4, -0.2) is 24.4 Å². The van der Waals surface area contributed by atoms with Crippen LogP contribution < -0.4 is 0 Å². The average molecular weight is 160 g/mol. The first-order valence-corrected chi connectivity index (χ1v) is 4.40. The van der Waals surface area contributed by atoms with Crippen LogP contribution in [0.15, 0.2) is 0 Å². The molecule has 1 atom stereocenters. The summed E-state index contributed by atoms with van der Waals surface area (Å²) in [5.41, 5.74) is -0.481. The minimum Gasteiger partial charge on any atom is -0.390 e. The molecule has 0 radical (unpaired) electrons. The van der Waals surface area contributed by atoms with Crippen LogP contribution in [0.4, 0.5) is 0 Å². The summed E-state index contributed by atoms with van der Waals surface area (Å²) >= 11 is 0. The SMILES string of the molecule is CCCC(O)(CC)CCOC. The molecule has 2 nitrogen and oxygen atoms in total. The van der Waals surface area contributed by atoms with Crippen molar-refractivity contribution in [3.05, 3.63) is 0 Å². The van der Waals surface area contributed by atoms with Crippen LogP contribution in [0.1, 0.15) is 39.5 Å². The van der Waals surface area contributed by atoms with Gasteiger partial charge in [-0.15, -0.1) is 0 Å². The highest BCUT2D eigenvalue weighted by molar-refractivity contribution is 4.75. The molecule has 0 saturated carbocycles. The maximum atomic E-state index is 9.87. The first-order valence-electron chi connectivity index (χ1n) is 4.40. The fourth-order valence-electron chi connectivity index (χ4n) is 1.24. The summed E-state index contributed by atoms with van der Waals surface area (Å²) in [6, 6.07) is 0. The largest absolute Gasteiger partial charge is 0.390 e. The summed E-state index contributed by atoms with van der Waals surface area (Å²) in [4.78, 5) is 0. The van der Waals surface area contributed by atoms with E-state index in [1.54, 1.807) is 7.11 Å². The van der Waals surface area contributed by atoms with Gasteiger partial charge in [0, 0.05) is 13.7 Å². The van der Waals surface area contributed by atoms with Gasteiger partial charge in [0.1, 0.15) is 0 Å². The van der Waals surface area contributed by atoms with E-state index in [4.69, 9.17) is 4.74 Å². The van der Waals surface area contributed by atoms with Crippen molar-refractivity contribution in [2.24, 2.45) is 0 Å². The van der Waals surface area contributed by atoms with Gasteiger partial charge in [0.05, 0.1) is 5.60 Å². The van der Waals surface area contributed by atoms with Crippen molar-refractivity contribution in [1.82, 2.24) is 0 Å². The summed E-state index contributed by atoms with van der Waals surface area (Å²) in [5, 5.41) is 9.87. The lowest BCUT2D eigenvalue weighted by Gasteiger charge is -2.25. The number of hydrogen-bond donors (Lipinski definition) is 1. The second-order valence-corrected chi connectivity index (χ2v) is 3.07. The number of hydrogen-bond acceptors (Lipinski definition) is 2. The second-order valence-electron chi connectivity index (χ2n) is 3.07. The van der Waals surface area contributed by atoms with E-state index in [0.29, 0.717) is 6.61 Å². The topological polar surface area (TPSA) is 29.5 Å². The normalized spacial score (nSPS) is 16.4. The van der Waals surface area contributed by atoms with Crippen LogP contribution in [0.5, 0.6) is 0 Å². The molecule has 0 rings (SSSR count). The van der Waals surface area contributed by atoms with Crippen LogP contribution in [-0.2, 0) is 4.74 Å². The molecule has 0 spiro atoms. The molecule has 0 aromatic heterocycles. The Morgan fingerprint density at radius 1 is 1.27 bits per heavy atom. The van der Waals surface area contributed by atoms with Gasteiger partial charge in [-0.1, -0.05) is 20.3 Å². The minimum absolute atomic E-state index is 0.481. The van der Waals surface area contributed by atoms with Gasteiger partial charge in [-0.25, -0.2) is 0 Å². The number of rotatable bonds is 6. The van der Waals surface area contributed by atoms with Gasteiger partial charge >= 0.3 is 0 Å². The van der Waals surface area contributed by atoms with Crippen molar-refractivity contribution in [3.63, 3.8) is 0 Å². The molecule has 11 heavy (non-hydrogen) atoms. The number of ether oxygens (including phenoxy) is 1. The Morgan fingerprint density at radius 3 is 2.27 bits per heavy atom. The minimum atomic E-state index is -0.481. The summed E-state index contributed by atoms with van der Waals surface area (Å²) in [6.45, 7) is 4.77. The molecule has 0 aliphatic rings. The van der Waals surface area contributed by atoms with Gasteiger partial charge in [-0.3, -0.25) is 0 Å². The van der Waals surface area contributed by atoms with Crippen LogP contribution in [0.3, 0.4) is 0 Å². The number of aliphatic hydroxyl groups is 1. The van der Waals surface area contributed by atoms with Crippen LogP contribution in [0.2, 0.25) is 0 Å². The monoisotopic (exact) mass is 160 g/mol. The summed E-state index contributed by atoms with van der Waals surface area (Å²) in [7, 11) is 1.67. The van der Waals surface area contributed by atoms with E-state index in [1.807, 2.05) is 6.92 Å². The zero-order chi connectivity index (χ0) is 8.74. The molecule has 0 aliphatic heterocycles. The maximum absolute atomic E-state index is 9.87. The molecule has 0 aromatic rings. The smallest absolute Gasteiger partial charge is 0.0667 e. The van der Waals surface area contributed by atoms with E-state index in [-0.39, 0.29) is 0 Å². The lowest BCUT2D eigenvalue weighted by Crippen LogP contribution is -2.28. The fourth-order valence-corrected chi connectivity index (χ4v) is 1.24. The lowest BCUT2D eigenvalue weighted by molar-refractivity contribution is -0.00279. The Kier molecular flexibility index (Phi) is 5.51. The molecule has 0 saturated heterocycles. The van der Waals surface area contributed by atoms with Crippen LogP contribution >= 0.6 is 0 Å². The van der Waals surface area contributed by atoms with Gasteiger partial charge in [0.15, 0.2) is 0 Å². The lowest BCUT2D eigenvalue weighted by atomic mass is 9.92. The first-order chi connectivity index (χ1) is 5.18. The van der Waals surface area contributed by atoms with Gasteiger partial charge in [-0.05, 0) is 19.3 Å². The van der Waals surface area contributed by atoms with Crippen molar-refractivity contribution in [1.29, 1.82) is 0 Å². The Hall–Kier alpha value is -0.0800. The zero-order valence-corrected chi connectivity index (χ0v) is 7.89. The van der Waals surface area contributed by atoms with Gasteiger partial charge in [-0.2, -0.15) is 0 Å². The number of methoxy groups -OCH3 is 1. The molecule has 68 valence electrons. The first kappa shape index (κ1) is 10.9. The predicted molar refractivity (Wildman–Crippen MR) is 46.6 cm³/mol.